The topological polar surface area (TPSA) is 102 Å². The van der Waals surface area contributed by atoms with Gasteiger partial charge in [0.2, 0.25) is 10.0 Å². The van der Waals surface area contributed by atoms with Crippen LogP contribution in [-0.2, 0) is 16.6 Å². The molecule has 0 aliphatic carbocycles. The van der Waals surface area contributed by atoms with Gasteiger partial charge in [0.15, 0.2) is 0 Å². The normalized spacial score (nSPS) is 17.1. The number of ether oxygens (including phenoxy) is 1. The standard InChI is InChI=1S/C18H24FN3O5S2/c1-21(28(2,23)24)12-14-3-5-15(6-4-14)27-16-7-8-17-18(11-16)29(25,26)20-13-22(17)10-9-19/h3-8,11,20,25-26H,9-10,12-13H2,1-2H3. The van der Waals surface area contributed by atoms with E-state index in [1.54, 1.807) is 41.3 Å². The molecule has 3 rings (SSSR count). The van der Waals surface area contributed by atoms with Crippen LogP contribution in [0, 0.1) is 0 Å². The summed E-state index contributed by atoms with van der Waals surface area (Å²) in [5.74, 6) is 0.908. The molecule has 0 aromatic heterocycles. The van der Waals surface area contributed by atoms with Crippen LogP contribution >= 0.6 is 10.8 Å². The number of nitrogens with zero attached hydrogens (tertiary/aromatic N) is 2. The number of halogens is 1. The number of hydrogen-bond acceptors (Lipinski definition) is 7. The van der Waals surface area contributed by atoms with Crippen molar-refractivity contribution in [3.8, 4) is 11.5 Å². The van der Waals surface area contributed by atoms with E-state index in [1.807, 2.05) is 0 Å². The van der Waals surface area contributed by atoms with Gasteiger partial charge in [-0.3, -0.25) is 9.11 Å². The summed E-state index contributed by atoms with van der Waals surface area (Å²) in [6, 6.07) is 11.8. The Bertz CT molecular complexity index is 970. The van der Waals surface area contributed by atoms with Crippen LogP contribution in [0.2, 0.25) is 0 Å². The molecule has 160 valence electrons. The van der Waals surface area contributed by atoms with Crippen LogP contribution in [0.3, 0.4) is 0 Å². The van der Waals surface area contributed by atoms with Crippen LogP contribution in [-0.4, -0.2) is 55.0 Å². The van der Waals surface area contributed by atoms with Crippen LogP contribution in [0.5, 0.6) is 11.5 Å². The molecule has 0 radical (unpaired) electrons. The van der Waals surface area contributed by atoms with Crippen molar-refractivity contribution in [1.82, 2.24) is 9.03 Å². The molecule has 1 heterocycles. The van der Waals surface area contributed by atoms with Crippen molar-refractivity contribution >= 4 is 26.5 Å². The van der Waals surface area contributed by atoms with Crippen LogP contribution in [0.4, 0.5) is 10.1 Å². The highest BCUT2D eigenvalue weighted by Gasteiger charge is 2.28. The van der Waals surface area contributed by atoms with Crippen LogP contribution in [0.1, 0.15) is 5.56 Å². The third kappa shape index (κ3) is 5.18. The molecule has 0 unspecified atom stereocenters. The second-order valence-corrected chi connectivity index (χ2v) is 10.6. The Balaban J connectivity index is 1.77. The average Bonchev–Trinajstić information content (AvgIpc) is 2.65. The van der Waals surface area contributed by atoms with Gasteiger partial charge in [-0.25, -0.2) is 17.1 Å². The Hall–Kier alpha value is -1.89. The van der Waals surface area contributed by atoms with Gasteiger partial charge in [-0.15, -0.1) is 10.8 Å². The Morgan fingerprint density at radius 3 is 2.48 bits per heavy atom. The van der Waals surface area contributed by atoms with Gasteiger partial charge in [-0.05, 0) is 29.8 Å². The summed E-state index contributed by atoms with van der Waals surface area (Å²) in [5, 5.41) is 0. The summed E-state index contributed by atoms with van der Waals surface area (Å²) in [5.41, 5.74) is 1.35. The number of anilines is 1. The molecule has 8 nitrogen and oxygen atoms in total. The van der Waals surface area contributed by atoms with E-state index >= 15 is 0 Å². The van der Waals surface area contributed by atoms with Gasteiger partial charge in [0, 0.05) is 26.2 Å². The first-order valence-corrected chi connectivity index (χ1v) is 12.2. The molecule has 3 N–H and O–H groups in total. The maximum atomic E-state index is 12.8. The number of fused-ring (bicyclic) bond motifs is 1. The second-order valence-electron chi connectivity index (χ2n) is 6.70. The van der Waals surface area contributed by atoms with E-state index < -0.39 is 27.5 Å². The predicted octanol–water partition coefficient (Wildman–Crippen LogP) is 3.23. The minimum absolute atomic E-state index is 0.138. The van der Waals surface area contributed by atoms with Gasteiger partial charge < -0.3 is 9.64 Å². The minimum atomic E-state index is -3.26. The first kappa shape index (κ1) is 21.8. The molecular weight excluding hydrogens is 421 g/mol. The van der Waals surface area contributed by atoms with Gasteiger partial charge in [0.1, 0.15) is 23.1 Å². The summed E-state index contributed by atoms with van der Waals surface area (Å²) in [7, 11) is -4.96. The molecule has 0 saturated heterocycles. The van der Waals surface area contributed by atoms with E-state index in [0.717, 1.165) is 11.8 Å². The zero-order valence-corrected chi connectivity index (χ0v) is 17.7. The predicted molar refractivity (Wildman–Crippen MR) is 112 cm³/mol. The Morgan fingerprint density at radius 2 is 1.86 bits per heavy atom. The van der Waals surface area contributed by atoms with Gasteiger partial charge >= 0.3 is 0 Å². The summed E-state index contributed by atoms with van der Waals surface area (Å²) in [6.45, 7) is -0.0314. The highest BCUT2D eigenvalue weighted by Crippen LogP contribution is 2.52. The Labute approximate surface area is 171 Å². The highest BCUT2D eigenvalue weighted by atomic mass is 32.3. The fourth-order valence-corrected chi connectivity index (χ4v) is 4.50. The van der Waals surface area contributed by atoms with E-state index in [1.165, 1.54) is 17.4 Å². The monoisotopic (exact) mass is 445 g/mol. The quantitative estimate of drug-likeness (QED) is 0.601. The maximum Gasteiger partial charge on any atom is 0.211 e. The van der Waals surface area contributed by atoms with Crippen molar-refractivity contribution in [1.29, 1.82) is 0 Å². The van der Waals surface area contributed by atoms with E-state index in [-0.39, 0.29) is 24.7 Å². The lowest BCUT2D eigenvalue weighted by Crippen LogP contribution is -2.41. The minimum Gasteiger partial charge on any atom is -0.457 e. The number of rotatable bonds is 7. The number of benzene rings is 2. The van der Waals surface area contributed by atoms with Crippen molar-refractivity contribution in [3.63, 3.8) is 0 Å². The average molecular weight is 446 g/mol. The van der Waals surface area contributed by atoms with Crippen molar-refractivity contribution in [2.45, 2.75) is 11.4 Å². The summed E-state index contributed by atoms with van der Waals surface area (Å²) in [6.07, 6.45) is 1.15. The number of sulfonamides is 1. The zero-order valence-electron chi connectivity index (χ0n) is 16.1. The highest BCUT2D eigenvalue weighted by molar-refractivity contribution is 8.22. The molecule has 0 fully saturated rings. The fraction of sp³-hybridized carbons (Fsp3) is 0.333. The fourth-order valence-electron chi connectivity index (χ4n) is 2.85. The third-order valence-electron chi connectivity index (χ3n) is 4.52. The van der Waals surface area contributed by atoms with Crippen molar-refractivity contribution in [3.05, 3.63) is 48.0 Å². The van der Waals surface area contributed by atoms with Gasteiger partial charge in [-0.2, -0.15) is 4.72 Å². The van der Waals surface area contributed by atoms with Gasteiger partial charge in [0.25, 0.3) is 0 Å². The lowest BCUT2D eigenvalue weighted by atomic mass is 10.2. The molecule has 29 heavy (non-hydrogen) atoms. The van der Waals surface area contributed by atoms with E-state index in [9.17, 15) is 21.9 Å². The molecule has 1 aliphatic rings. The summed E-state index contributed by atoms with van der Waals surface area (Å²) < 4.78 is 66.0. The van der Waals surface area contributed by atoms with Crippen molar-refractivity contribution < 1.29 is 26.7 Å². The maximum absolute atomic E-state index is 12.8. The summed E-state index contributed by atoms with van der Waals surface area (Å²) in [4.78, 5) is 1.94. The lowest BCUT2D eigenvalue weighted by molar-refractivity contribution is 0.446. The SMILES string of the molecule is CN(Cc1ccc(Oc2ccc3c(c2)S(O)(O)NCN3CCF)cc1)S(C)(=O)=O. The first-order valence-electron chi connectivity index (χ1n) is 8.76. The zero-order chi connectivity index (χ0) is 21.2. The molecule has 0 spiro atoms. The second kappa shape index (κ2) is 8.46. The molecule has 0 bridgehead atoms. The Morgan fingerprint density at radius 1 is 1.21 bits per heavy atom. The van der Waals surface area contributed by atoms with Crippen LogP contribution < -0.4 is 14.4 Å². The lowest BCUT2D eigenvalue weighted by Gasteiger charge is -2.43. The first-order chi connectivity index (χ1) is 13.6. The van der Waals surface area contributed by atoms with E-state index in [0.29, 0.717) is 17.2 Å². The number of alkyl halides is 1. The molecule has 2 aromatic carbocycles. The molecule has 1 aliphatic heterocycles. The molecule has 2 aromatic rings. The van der Waals surface area contributed by atoms with Gasteiger partial charge in [-0.1, -0.05) is 12.1 Å². The van der Waals surface area contributed by atoms with E-state index in [4.69, 9.17) is 4.74 Å². The van der Waals surface area contributed by atoms with E-state index in [2.05, 4.69) is 4.72 Å². The molecule has 0 saturated carbocycles. The Kier molecular flexibility index (Phi) is 6.36. The number of hydrogen-bond donors (Lipinski definition) is 3. The van der Waals surface area contributed by atoms with Gasteiger partial charge in [0.05, 0.1) is 18.6 Å². The third-order valence-corrected chi connectivity index (χ3v) is 7.25. The largest absolute Gasteiger partial charge is 0.457 e. The number of nitrogens with one attached hydrogen (secondary N) is 1. The summed E-state index contributed by atoms with van der Waals surface area (Å²) >= 11 is 0. The molecule has 0 amide bonds. The molecule has 0 atom stereocenters. The smallest absolute Gasteiger partial charge is 0.211 e. The van der Waals surface area contributed by atoms with Crippen LogP contribution in [0.15, 0.2) is 47.4 Å². The van der Waals surface area contributed by atoms with Crippen molar-refractivity contribution in [2.24, 2.45) is 0 Å². The van der Waals surface area contributed by atoms with Crippen molar-refractivity contribution in [2.75, 3.05) is 38.1 Å². The molecule has 11 heteroatoms. The van der Waals surface area contributed by atoms with Crippen LogP contribution in [0.25, 0.3) is 0 Å². The molecular formula is C18H24FN3O5S2.